The highest BCUT2D eigenvalue weighted by Crippen LogP contribution is 2.55. The summed E-state index contributed by atoms with van der Waals surface area (Å²) in [5, 5.41) is 13.2. The molecule has 0 radical (unpaired) electrons. The highest BCUT2D eigenvalue weighted by molar-refractivity contribution is 5.89. The Hall–Kier alpha value is -1.90. The second kappa shape index (κ2) is 6.92. The molecule has 5 aliphatic rings. The highest BCUT2D eigenvalue weighted by Gasteiger charge is 2.50. The monoisotopic (exact) mass is 375 g/mol. The quantitative estimate of drug-likeness (QED) is 0.344. The maximum absolute atomic E-state index is 13.4. The Bertz CT molecular complexity index is 698. The average Bonchev–Trinajstić information content (AvgIpc) is 2.91. The van der Waals surface area contributed by atoms with E-state index in [1.165, 1.54) is 49.2 Å². The number of hydrogen-bond acceptors (Lipinski definition) is 2. The number of nitrogens with one attached hydrogen (secondary N) is 1. The molecule has 0 spiro atoms. The highest BCUT2D eigenvalue weighted by atomic mass is 19.2. The molecule has 5 fully saturated rings. The van der Waals surface area contributed by atoms with Gasteiger partial charge in [-0.15, -0.1) is 0 Å². The third-order valence-corrected chi connectivity index (χ3v) is 6.85. The van der Waals surface area contributed by atoms with Crippen LogP contribution < -0.4 is 11.1 Å². The topological polar surface area (TPSA) is 64.8 Å². The van der Waals surface area contributed by atoms with Crippen molar-refractivity contribution < 1.29 is 13.4 Å². The van der Waals surface area contributed by atoms with Gasteiger partial charge in [0.05, 0.1) is 11.6 Å². The van der Waals surface area contributed by atoms with Crippen LogP contribution in [0.15, 0.2) is 23.4 Å². The van der Waals surface area contributed by atoms with Crippen LogP contribution in [0.2, 0.25) is 0 Å². The standard InChI is InChI=1S/C21H28F2N4/c1-13(26-21-7-14-3-15(8-21)5-16(4-14)9-21)2-17(10-24)6-20(25)27-11-18(22)19(23)12-27/h2,6,14-16,18-19H,3-5,7-9,11-12H2,1H3,(H2,25,26)/p+1/t14?,15?,16?,18-,19+,21?. The molecule has 27 heavy (non-hydrogen) atoms. The summed E-state index contributed by atoms with van der Waals surface area (Å²) in [5.74, 6) is 2.80. The first-order valence-corrected chi connectivity index (χ1v) is 10.1. The molecule has 3 N–H and O–H groups in total. The number of alkyl halides is 2. The molecule has 6 heteroatoms. The van der Waals surface area contributed by atoms with Crippen LogP contribution in [0.1, 0.15) is 45.4 Å². The van der Waals surface area contributed by atoms with E-state index in [-0.39, 0.29) is 24.5 Å². The fourth-order valence-corrected chi connectivity index (χ4v) is 6.24. The molecule has 4 nitrogen and oxygen atoms in total. The number of nitriles is 1. The van der Waals surface area contributed by atoms with Crippen molar-refractivity contribution in [3.8, 4) is 6.07 Å². The van der Waals surface area contributed by atoms with Crippen molar-refractivity contribution in [1.82, 2.24) is 5.32 Å². The molecule has 0 aromatic carbocycles. The lowest BCUT2D eigenvalue weighted by Gasteiger charge is -2.57. The van der Waals surface area contributed by atoms with Gasteiger partial charge in [-0.3, -0.25) is 10.3 Å². The van der Waals surface area contributed by atoms with E-state index in [1.54, 1.807) is 6.08 Å². The lowest BCUT2D eigenvalue weighted by molar-refractivity contribution is -0.510. The number of allylic oxidation sites excluding steroid dienone is 3. The Morgan fingerprint density at radius 3 is 2.07 bits per heavy atom. The van der Waals surface area contributed by atoms with Crippen molar-refractivity contribution in [2.45, 2.75) is 63.3 Å². The summed E-state index contributed by atoms with van der Waals surface area (Å²) in [6.45, 7) is 1.87. The van der Waals surface area contributed by atoms with Gasteiger partial charge in [-0.1, -0.05) is 0 Å². The maximum atomic E-state index is 13.4. The Kier molecular flexibility index (Phi) is 4.73. The molecule has 4 saturated carbocycles. The minimum Gasteiger partial charge on any atom is -0.383 e. The molecule has 1 aliphatic heterocycles. The smallest absolute Gasteiger partial charge is 0.269 e. The van der Waals surface area contributed by atoms with Gasteiger partial charge in [0.15, 0.2) is 12.3 Å². The van der Waals surface area contributed by atoms with Crippen LogP contribution in [0, 0.1) is 29.1 Å². The summed E-state index contributed by atoms with van der Waals surface area (Å²) in [4.78, 5) is 0. The molecular weight excluding hydrogens is 346 g/mol. The first kappa shape index (κ1) is 18.5. The van der Waals surface area contributed by atoms with E-state index in [2.05, 4.69) is 11.4 Å². The summed E-state index contributed by atoms with van der Waals surface area (Å²) in [6, 6.07) is 2.15. The fourth-order valence-electron chi connectivity index (χ4n) is 6.24. The van der Waals surface area contributed by atoms with E-state index in [0.717, 1.165) is 23.5 Å². The van der Waals surface area contributed by atoms with Crippen molar-refractivity contribution in [3.05, 3.63) is 23.4 Å². The number of rotatable bonds is 4. The van der Waals surface area contributed by atoms with Crippen molar-refractivity contribution in [1.29, 1.82) is 5.26 Å². The Morgan fingerprint density at radius 1 is 1.07 bits per heavy atom. The van der Waals surface area contributed by atoms with Crippen molar-refractivity contribution in [2.75, 3.05) is 13.1 Å². The SMILES string of the molecule is C/C(=C\C(C#N)=C/C(N)=[N+]1C[C@@H](F)[C@@H](F)C1)NC12CC3CC(CC(C3)C1)C2. The van der Waals surface area contributed by atoms with Crippen LogP contribution in [0.25, 0.3) is 0 Å². The van der Waals surface area contributed by atoms with E-state index < -0.39 is 12.3 Å². The summed E-state index contributed by atoms with van der Waals surface area (Å²) in [7, 11) is 0. The second-order valence-corrected chi connectivity index (χ2v) is 9.22. The maximum Gasteiger partial charge on any atom is 0.269 e. The molecule has 5 rings (SSSR count). The van der Waals surface area contributed by atoms with E-state index >= 15 is 0 Å². The van der Waals surface area contributed by atoms with E-state index in [4.69, 9.17) is 5.73 Å². The van der Waals surface area contributed by atoms with Gasteiger partial charge in [-0.05, 0) is 69.3 Å². The predicted molar refractivity (Wildman–Crippen MR) is 100 cm³/mol. The largest absolute Gasteiger partial charge is 0.383 e. The average molecular weight is 375 g/mol. The van der Waals surface area contributed by atoms with Crippen LogP contribution in [0.5, 0.6) is 0 Å². The lowest BCUT2D eigenvalue weighted by Crippen LogP contribution is -2.57. The number of nitrogens with two attached hydrogens (primary N) is 1. The third kappa shape index (κ3) is 3.74. The zero-order valence-corrected chi connectivity index (χ0v) is 15.9. The summed E-state index contributed by atoms with van der Waals surface area (Å²) < 4.78 is 28.2. The summed E-state index contributed by atoms with van der Waals surface area (Å²) >= 11 is 0. The van der Waals surface area contributed by atoms with Gasteiger partial charge < -0.3 is 5.32 Å². The van der Waals surface area contributed by atoms with Gasteiger partial charge in [-0.25, -0.2) is 8.78 Å². The fraction of sp³-hybridized carbons (Fsp3) is 0.714. The molecule has 4 aliphatic carbocycles. The van der Waals surface area contributed by atoms with Gasteiger partial charge in [0.1, 0.15) is 13.1 Å². The number of nitrogens with zero attached hydrogens (tertiary/aromatic N) is 2. The van der Waals surface area contributed by atoms with Gasteiger partial charge in [0.25, 0.3) is 5.84 Å². The first-order chi connectivity index (χ1) is 12.9. The predicted octanol–water partition coefficient (Wildman–Crippen LogP) is 2.96. The molecule has 4 bridgehead atoms. The molecule has 1 heterocycles. The zero-order valence-electron chi connectivity index (χ0n) is 15.9. The van der Waals surface area contributed by atoms with E-state index in [0.29, 0.717) is 5.57 Å². The normalized spacial score (nSPS) is 43.0. The molecule has 0 aromatic rings. The Morgan fingerprint density at radius 2 is 1.59 bits per heavy atom. The van der Waals surface area contributed by atoms with Crippen molar-refractivity contribution >= 4 is 5.84 Å². The first-order valence-electron chi connectivity index (χ1n) is 10.1. The van der Waals surface area contributed by atoms with Crippen LogP contribution in [-0.2, 0) is 0 Å². The second-order valence-electron chi connectivity index (χ2n) is 9.22. The zero-order chi connectivity index (χ0) is 19.2. The van der Waals surface area contributed by atoms with Crippen LogP contribution >= 0.6 is 0 Å². The van der Waals surface area contributed by atoms with Crippen LogP contribution in [-0.4, -0.2) is 41.4 Å². The minimum absolute atomic E-state index is 0.0591. The number of halogens is 2. The van der Waals surface area contributed by atoms with Crippen molar-refractivity contribution in [3.63, 3.8) is 0 Å². The minimum atomic E-state index is -1.52. The van der Waals surface area contributed by atoms with Gasteiger partial charge in [0.2, 0.25) is 0 Å². The molecule has 0 amide bonds. The van der Waals surface area contributed by atoms with Crippen LogP contribution in [0.4, 0.5) is 8.78 Å². The number of amidine groups is 1. The third-order valence-electron chi connectivity index (χ3n) is 6.85. The number of hydrogen-bond donors (Lipinski definition) is 2. The molecule has 146 valence electrons. The molecule has 2 atom stereocenters. The van der Waals surface area contributed by atoms with E-state index in [9.17, 15) is 14.0 Å². The lowest BCUT2D eigenvalue weighted by atomic mass is 9.53. The molecule has 0 aromatic heterocycles. The Balaban J connectivity index is 1.48. The summed E-state index contributed by atoms with van der Waals surface area (Å²) in [6.07, 6.45) is 8.15. The van der Waals surface area contributed by atoms with E-state index in [1.807, 2.05) is 6.92 Å². The van der Waals surface area contributed by atoms with Gasteiger partial charge in [0, 0.05) is 17.3 Å². The van der Waals surface area contributed by atoms with Crippen LogP contribution in [0.3, 0.4) is 0 Å². The molecular formula is C21H29F2N4+. The molecule has 1 saturated heterocycles. The molecule has 0 unspecified atom stereocenters. The van der Waals surface area contributed by atoms with Gasteiger partial charge >= 0.3 is 0 Å². The van der Waals surface area contributed by atoms with Crippen molar-refractivity contribution in [2.24, 2.45) is 23.5 Å². The Labute approximate surface area is 159 Å². The van der Waals surface area contributed by atoms with Gasteiger partial charge in [-0.2, -0.15) is 5.26 Å². The summed E-state index contributed by atoms with van der Waals surface area (Å²) in [5.41, 5.74) is 7.53.